The van der Waals surface area contributed by atoms with Crippen molar-refractivity contribution in [1.29, 1.82) is 0 Å². The number of nitrogens with two attached hydrogens (primary N) is 1. The molecule has 0 unspecified atom stereocenters. The zero-order valence-corrected chi connectivity index (χ0v) is 12.3. The van der Waals surface area contributed by atoms with E-state index >= 15 is 0 Å². The summed E-state index contributed by atoms with van der Waals surface area (Å²) in [6.07, 6.45) is 1.11. The fraction of sp³-hybridized carbons (Fsp3) is 0.600. The summed E-state index contributed by atoms with van der Waals surface area (Å²) in [5.74, 6) is 0.936. The molecule has 3 heteroatoms. The quantitative estimate of drug-likeness (QED) is 0.787. The van der Waals surface area contributed by atoms with Crippen molar-refractivity contribution in [2.75, 3.05) is 19.4 Å². The van der Waals surface area contributed by atoms with Crippen LogP contribution < -0.4 is 10.5 Å². The second-order valence-electron chi connectivity index (χ2n) is 5.32. The molecule has 0 fully saturated rings. The Morgan fingerprint density at radius 2 is 1.94 bits per heavy atom. The first-order valence-corrected chi connectivity index (χ1v) is 6.63. The molecule has 0 atom stereocenters. The number of ether oxygens (including phenoxy) is 1. The van der Waals surface area contributed by atoms with E-state index in [1.54, 1.807) is 0 Å². The van der Waals surface area contributed by atoms with E-state index in [4.69, 9.17) is 10.5 Å². The lowest BCUT2D eigenvalue weighted by Gasteiger charge is -2.35. The third-order valence-electron chi connectivity index (χ3n) is 3.69. The Balaban J connectivity index is 2.91. The lowest BCUT2D eigenvalue weighted by Crippen LogP contribution is -2.39. The van der Waals surface area contributed by atoms with Gasteiger partial charge in [0, 0.05) is 23.3 Å². The lowest BCUT2D eigenvalue weighted by molar-refractivity contribution is 0.141. The molecule has 1 rings (SSSR count). The molecule has 0 spiro atoms. The second-order valence-corrected chi connectivity index (χ2v) is 5.32. The van der Waals surface area contributed by atoms with Gasteiger partial charge in [0.05, 0.1) is 6.61 Å². The summed E-state index contributed by atoms with van der Waals surface area (Å²) >= 11 is 0. The van der Waals surface area contributed by atoms with Crippen LogP contribution in [0.25, 0.3) is 0 Å². The standard InChI is InChI=1S/C15H26N2O/c1-6-15(3,4)17(5)11-12-10-13(16)8-9-14(12)18-7-2/h8-10H,6-7,11,16H2,1-5H3. The minimum Gasteiger partial charge on any atom is -0.494 e. The summed E-state index contributed by atoms with van der Waals surface area (Å²) < 4.78 is 5.66. The van der Waals surface area contributed by atoms with Gasteiger partial charge in [0.15, 0.2) is 0 Å². The van der Waals surface area contributed by atoms with Gasteiger partial charge in [0.2, 0.25) is 0 Å². The molecule has 0 heterocycles. The Hall–Kier alpha value is -1.22. The van der Waals surface area contributed by atoms with Crippen LogP contribution in [0.15, 0.2) is 18.2 Å². The van der Waals surface area contributed by atoms with E-state index in [1.165, 1.54) is 0 Å². The number of anilines is 1. The number of hydrogen-bond donors (Lipinski definition) is 1. The van der Waals surface area contributed by atoms with Gasteiger partial charge in [-0.2, -0.15) is 0 Å². The van der Waals surface area contributed by atoms with Crippen LogP contribution in [0.2, 0.25) is 0 Å². The number of nitrogen functional groups attached to an aromatic ring is 1. The average Bonchev–Trinajstić information content (AvgIpc) is 2.32. The molecule has 18 heavy (non-hydrogen) atoms. The molecule has 0 aliphatic heterocycles. The summed E-state index contributed by atoms with van der Waals surface area (Å²) in [6.45, 7) is 10.2. The molecule has 3 nitrogen and oxygen atoms in total. The van der Waals surface area contributed by atoms with E-state index in [0.29, 0.717) is 6.61 Å². The molecular weight excluding hydrogens is 224 g/mol. The first-order valence-electron chi connectivity index (χ1n) is 6.63. The van der Waals surface area contributed by atoms with Gasteiger partial charge in [-0.15, -0.1) is 0 Å². The zero-order chi connectivity index (χ0) is 13.8. The SMILES string of the molecule is CCOc1ccc(N)cc1CN(C)C(C)(C)CC. The predicted octanol–water partition coefficient (Wildman–Crippen LogP) is 3.29. The first kappa shape index (κ1) is 14.8. The summed E-state index contributed by atoms with van der Waals surface area (Å²) in [7, 11) is 2.14. The normalized spacial score (nSPS) is 11.9. The van der Waals surface area contributed by atoms with Crippen LogP contribution in [0, 0.1) is 0 Å². The van der Waals surface area contributed by atoms with Crippen LogP contribution >= 0.6 is 0 Å². The smallest absolute Gasteiger partial charge is 0.123 e. The average molecular weight is 250 g/mol. The van der Waals surface area contributed by atoms with Crippen molar-refractivity contribution >= 4 is 5.69 Å². The molecule has 0 saturated heterocycles. The molecule has 0 aromatic heterocycles. The Kier molecular flexibility index (Phi) is 5.03. The number of benzene rings is 1. The molecule has 1 aromatic carbocycles. The van der Waals surface area contributed by atoms with Crippen molar-refractivity contribution in [1.82, 2.24) is 4.90 Å². The van der Waals surface area contributed by atoms with Crippen molar-refractivity contribution in [3.05, 3.63) is 23.8 Å². The highest BCUT2D eigenvalue weighted by Crippen LogP contribution is 2.26. The highest BCUT2D eigenvalue weighted by molar-refractivity contribution is 5.47. The Bertz CT molecular complexity index is 388. The minimum absolute atomic E-state index is 0.175. The molecule has 0 aliphatic carbocycles. The van der Waals surface area contributed by atoms with E-state index in [9.17, 15) is 0 Å². The molecule has 1 aromatic rings. The monoisotopic (exact) mass is 250 g/mol. The summed E-state index contributed by atoms with van der Waals surface area (Å²) in [4.78, 5) is 2.34. The van der Waals surface area contributed by atoms with Crippen LogP contribution in [0.5, 0.6) is 5.75 Å². The molecular formula is C15H26N2O. The van der Waals surface area contributed by atoms with Gasteiger partial charge in [-0.25, -0.2) is 0 Å². The maximum Gasteiger partial charge on any atom is 0.123 e. The Morgan fingerprint density at radius 1 is 1.28 bits per heavy atom. The summed E-state index contributed by atoms with van der Waals surface area (Å²) in [5, 5.41) is 0. The van der Waals surface area contributed by atoms with Crippen LogP contribution in [0.1, 0.15) is 39.7 Å². The largest absolute Gasteiger partial charge is 0.494 e. The van der Waals surface area contributed by atoms with Crippen LogP contribution in [0.3, 0.4) is 0 Å². The first-order chi connectivity index (χ1) is 8.40. The highest BCUT2D eigenvalue weighted by atomic mass is 16.5. The van der Waals surface area contributed by atoms with Gasteiger partial charge >= 0.3 is 0 Å². The van der Waals surface area contributed by atoms with Crippen molar-refractivity contribution in [2.45, 2.75) is 46.2 Å². The summed E-state index contributed by atoms with van der Waals surface area (Å²) in [5.41, 5.74) is 7.98. The van der Waals surface area contributed by atoms with Crippen LogP contribution in [0.4, 0.5) is 5.69 Å². The third kappa shape index (κ3) is 3.64. The highest BCUT2D eigenvalue weighted by Gasteiger charge is 2.22. The van der Waals surface area contributed by atoms with Crippen molar-refractivity contribution < 1.29 is 4.74 Å². The van der Waals surface area contributed by atoms with E-state index in [1.807, 2.05) is 25.1 Å². The van der Waals surface area contributed by atoms with Gasteiger partial charge in [0.25, 0.3) is 0 Å². The fourth-order valence-electron chi connectivity index (χ4n) is 1.76. The number of rotatable bonds is 6. The van der Waals surface area contributed by atoms with E-state index < -0.39 is 0 Å². The molecule has 0 amide bonds. The minimum atomic E-state index is 0.175. The maximum absolute atomic E-state index is 5.87. The molecule has 0 aliphatic rings. The van der Waals surface area contributed by atoms with Crippen molar-refractivity contribution in [3.8, 4) is 5.75 Å². The molecule has 0 saturated carbocycles. The van der Waals surface area contributed by atoms with Crippen molar-refractivity contribution in [3.63, 3.8) is 0 Å². The molecule has 0 radical (unpaired) electrons. The van der Waals surface area contributed by atoms with Gasteiger partial charge in [-0.1, -0.05) is 6.92 Å². The van der Waals surface area contributed by atoms with Crippen LogP contribution in [-0.2, 0) is 6.54 Å². The summed E-state index contributed by atoms with van der Waals surface area (Å²) in [6, 6.07) is 5.85. The molecule has 2 N–H and O–H groups in total. The van der Waals surface area contributed by atoms with Gasteiger partial charge < -0.3 is 10.5 Å². The van der Waals surface area contributed by atoms with Gasteiger partial charge in [-0.3, -0.25) is 4.90 Å². The predicted molar refractivity (Wildman–Crippen MR) is 77.9 cm³/mol. The number of hydrogen-bond acceptors (Lipinski definition) is 3. The molecule has 102 valence electrons. The van der Waals surface area contributed by atoms with E-state index in [-0.39, 0.29) is 5.54 Å². The Labute approximate surface area is 111 Å². The third-order valence-corrected chi connectivity index (χ3v) is 3.69. The zero-order valence-electron chi connectivity index (χ0n) is 12.3. The topological polar surface area (TPSA) is 38.5 Å². The van der Waals surface area contributed by atoms with E-state index in [2.05, 4.69) is 32.7 Å². The maximum atomic E-state index is 5.87. The number of nitrogens with zero attached hydrogens (tertiary/aromatic N) is 1. The van der Waals surface area contributed by atoms with Crippen LogP contribution in [-0.4, -0.2) is 24.1 Å². The van der Waals surface area contributed by atoms with Gasteiger partial charge in [0.1, 0.15) is 5.75 Å². The second kappa shape index (κ2) is 6.10. The Morgan fingerprint density at radius 3 is 2.50 bits per heavy atom. The lowest BCUT2D eigenvalue weighted by atomic mass is 9.99. The van der Waals surface area contributed by atoms with Crippen molar-refractivity contribution in [2.24, 2.45) is 0 Å². The fourth-order valence-corrected chi connectivity index (χ4v) is 1.76. The van der Waals surface area contributed by atoms with E-state index in [0.717, 1.165) is 30.0 Å². The molecule has 0 bridgehead atoms. The van der Waals surface area contributed by atoms with Gasteiger partial charge in [-0.05, 0) is 52.4 Å².